The van der Waals surface area contributed by atoms with E-state index in [-0.39, 0.29) is 0 Å². The molecule has 0 aliphatic heterocycles. The molecule has 5 heteroatoms. The maximum atomic E-state index is 5.34. The van der Waals surface area contributed by atoms with Crippen LogP contribution in [0.1, 0.15) is 0 Å². The van der Waals surface area contributed by atoms with Crippen LogP contribution in [0.4, 0.5) is 0 Å². The van der Waals surface area contributed by atoms with Gasteiger partial charge in [-0.2, -0.15) is 0 Å². The molecule has 3 heterocycles. The van der Waals surface area contributed by atoms with Crippen LogP contribution in [-0.2, 0) is 0 Å². The van der Waals surface area contributed by atoms with Gasteiger partial charge in [0.1, 0.15) is 17.5 Å². The minimum atomic E-state index is 0.827. The molecule has 0 spiro atoms. The second kappa shape index (κ2) is 20.8. The summed E-state index contributed by atoms with van der Waals surface area (Å²) in [5.74, 6) is 2.57. The van der Waals surface area contributed by atoms with Gasteiger partial charge in [-0.05, 0) is 199 Å². The Labute approximate surface area is 519 Å². The number of aromatic nitrogens is 5. The molecular formula is C85H53N5. The smallest absolute Gasteiger partial charge is 0.146 e. The average Bonchev–Trinajstić information content (AvgIpc) is 1.01. The SMILES string of the molecule is c1ccc(-n2c(-c3cccc(-c4c5ccccc5c(-c5ccc6ccccc6c5)c5cc(-c6ccc7c(-c8ccc9ccccc9c8)c8ccccc8c(-c8ccc(-c9nc%10ccccc%10n9-c9ccccn9)cc8)c7c6)ccc45)c3)nc3ccccc32)cc1. The zero-order chi connectivity index (χ0) is 59.2. The molecule has 418 valence electrons. The minimum Gasteiger partial charge on any atom is -0.292 e. The molecule has 18 rings (SSSR count). The number of para-hydroxylation sites is 5. The van der Waals surface area contributed by atoms with E-state index >= 15 is 0 Å². The van der Waals surface area contributed by atoms with Gasteiger partial charge in [0.25, 0.3) is 0 Å². The Morgan fingerprint density at radius 3 is 1.20 bits per heavy atom. The molecule has 0 unspecified atom stereocenters. The van der Waals surface area contributed by atoms with E-state index in [1.807, 2.05) is 30.5 Å². The van der Waals surface area contributed by atoms with Gasteiger partial charge in [-0.15, -0.1) is 0 Å². The number of fused-ring (bicyclic) bond motifs is 8. The molecule has 0 amide bonds. The molecule has 0 N–H and O–H groups in total. The Kier molecular flexibility index (Phi) is 11.9. The first-order chi connectivity index (χ1) is 44.6. The molecule has 90 heavy (non-hydrogen) atoms. The third-order valence-corrected chi connectivity index (χ3v) is 18.3. The Bertz CT molecular complexity index is 5900. The Morgan fingerprint density at radius 2 is 0.633 bits per heavy atom. The number of nitrogens with zero attached hydrogens (tertiary/aromatic N) is 5. The zero-order valence-electron chi connectivity index (χ0n) is 48.8. The summed E-state index contributed by atoms with van der Waals surface area (Å²) in [5, 5.41) is 14.4. The second-order valence-corrected chi connectivity index (χ2v) is 23.4. The molecule has 0 saturated heterocycles. The van der Waals surface area contributed by atoms with Gasteiger partial charge in [-0.3, -0.25) is 9.13 Å². The number of hydrogen-bond acceptors (Lipinski definition) is 3. The maximum absolute atomic E-state index is 5.34. The quantitative estimate of drug-likeness (QED) is 0.135. The highest BCUT2D eigenvalue weighted by Crippen LogP contribution is 2.49. The first-order valence-corrected chi connectivity index (χ1v) is 30.7. The Balaban J connectivity index is 0.869. The number of imidazole rings is 2. The lowest BCUT2D eigenvalue weighted by Crippen LogP contribution is -1.99. The van der Waals surface area contributed by atoms with Crippen molar-refractivity contribution in [2.24, 2.45) is 0 Å². The largest absolute Gasteiger partial charge is 0.292 e. The average molecular weight is 1140 g/mol. The van der Waals surface area contributed by atoms with Crippen LogP contribution >= 0.6 is 0 Å². The van der Waals surface area contributed by atoms with Crippen LogP contribution in [-0.4, -0.2) is 24.1 Å². The summed E-state index contributed by atoms with van der Waals surface area (Å²) >= 11 is 0. The van der Waals surface area contributed by atoms with Crippen LogP contribution in [0.15, 0.2) is 322 Å². The summed E-state index contributed by atoms with van der Waals surface area (Å²) in [6.45, 7) is 0. The van der Waals surface area contributed by atoms with Gasteiger partial charge >= 0.3 is 0 Å². The van der Waals surface area contributed by atoms with E-state index in [9.17, 15) is 0 Å². The van der Waals surface area contributed by atoms with Gasteiger partial charge in [0.15, 0.2) is 0 Å². The summed E-state index contributed by atoms with van der Waals surface area (Å²) in [7, 11) is 0. The molecule has 15 aromatic carbocycles. The van der Waals surface area contributed by atoms with E-state index in [0.717, 1.165) is 78.6 Å². The predicted octanol–water partition coefficient (Wildman–Crippen LogP) is 22.3. The van der Waals surface area contributed by atoms with Crippen LogP contribution < -0.4 is 0 Å². The molecule has 5 nitrogen and oxygen atoms in total. The van der Waals surface area contributed by atoms with E-state index in [1.165, 1.54) is 98.0 Å². The van der Waals surface area contributed by atoms with E-state index in [4.69, 9.17) is 15.0 Å². The van der Waals surface area contributed by atoms with Crippen LogP contribution in [0, 0.1) is 0 Å². The lowest BCUT2D eigenvalue weighted by molar-refractivity contribution is 1.03. The molecule has 0 aliphatic rings. The van der Waals surface area contributed by atoms with Crippen molar-refractivity contribution in [2.45, 2.75) is 0 Å². The number of pyridine rings is 1. The topological polar surface area (TPSA) is 48.5 Å². The third-order valence-electron chi connectivity index (χ3n) is 18.3. The van der Waals surface area contributed by atoms with Crippen molar-refractivity contribution < 1.29 is 0 Å². The molecule has 0 aliphatic carbocycles. The number of hydrogen-bond donors (Lipinski definition) is 0. The standard InChI is InChI=1S/C85H53N5/c1-2-25-66(26-3-1)89-77-33-14-12-31-75(77)88-85(89)65-24-18-23-62(51-65)81-69-29-10-11-30-70(69)83(64-43-37-55-20-5-7-22-59(55)50-64)74-53-61(45-47-72(74)81)60-44-46-71-73(52-60)80(67-27-8-9-28-68(67)82(71)63-42-36-54-19-4-6-21-58(54)49-63)56-38-40-57(41-39-56)84-87-76-32-13-15-34-78(76)90(84)79-35-16-17-48-86-79/h1-53H. The first kappa shape index (κ1) is 51.2. The molecule has 0 radical (unpaired) electrons. The van der Waals surface area contributed by atoms with Crippen molar-refractivity contribution in [3.63, 3.8) is 0 Å². The summed E-state index contributed by atoms with van der Waals surface area (Å²) in [6.07, 6.45) is 1.84. The highest BCUT2D eigenvalue weighted by Gasteiger charge is 2.23. The van der Waals surface area contributed by atoms with Crippen LogP contribution in [0.5, 0.6) is 0 Å². The number of benzene rings is 15. The normalized spacial score (nSPS) is 11.8. The van der Waals surface area contributed by atoms with Crippen LogP contribution in [0.25, 0.3) is 177 Å². The minimum absolute atomic E-state index is 0.827. The maximum Gasteiger partial charge on any atom is 0.146 e. The van der Waals surface area contributed by atoms with Crippen molar-refractivity contribution >= 4 is 86.7 Å². The van der Waals surface area contributed by atoms with Crippen molar-refractivity contribution in [2.75, 3.05) is 0 Å². The van der Waals surface area contributed by atoms with Crippen LogP contribution in [0.2, 0.25) is 0 Å². The molecule has 0 atom stereocenters. The summed E-state index contributed by atoms with van der Waals surface area (Å²) in [5.41, 5.74) is 18.8. The van der Waals surface area contributed by atoms with E-state index in [2.05, 4.69) is 300 Å². The van der Waals surface area contributed by atoms with Crippen LogP contribution in [0.3, 0.4) is 0 Å². The van der Waals surface area contributed by atoms with E-state index < -0.39 is 0 Å². The van der Waals surface area contributed by atoms with Gasteiger partial charge in [0.05, 0.1) is 22.1 Å². The fourth-order valence-corrected chi connectivity index (χ4v) is 14.2. The second-order valence-electron chi connectivity index (χ2n) is 23.4. The molecular weight excluding hydrogens is 1090 g/mol. The van der Waals surface area contributed by atoms with Crippen molar-refractivity contribution in [1.29, 1.82) is 0 Å². The fourth-order valence-electron chi connectivity index (χ4n) is 14.2. The summed E-state index contributed by atoms with van der Waals surface area (Å²) in [4.78, 5) is 15.4. The van der Waals surface area contributed by atoms with Gasteiger partial charge in [-0.25, -0.2) is 15.0 Å². The Morgan fingerprint density at radius 1 is 0.222 bits per heavy atom. The van der Waals surface area contributed by atoms with Crippen molar-refractivity contribution in [3.8, 4) is 89.9 Å². The van der Waals surface area contributed by atoms with E-state index in [1.54, 1.807) is 0 Å². The molecule has 0 bridgehead atoms. The van der Waals surface area contributed by atoms with Crippen molar-refractivity contribution in [3.05, 3.63) is 322 Å². The molecule has 3 aromatic heterocycles. The third kappa shape index (κ3) is 8.36. The van der Waals surface area contributed by atoms with E-state index in [0.29, 0.717) is 0 Å². The summed E-state index contributed by atoms with van der Waals surface area (Å²) in [6, 6.07) is 115. The predicted molar refractivity (Wildman–Crippen MR) is 377 cm³/mol. The van der Waals surface area contributed by atoms with Gasteiger partial charge in [0, 0.05) is 23.0 Å². The highest BCUT2D eigenvalue weighted by molar-refractivity contribution is 6.24. The lowest BCUT2D eigenvalue weighted by Gasteiger charge is -2.20. The highest BCUT2D eigenvalue weighted by atomic mass is 15.1. The van der Waals surface area contributed by atoms with Gasteiger partial charge < -0.3 is 0 Å². The van der Waals surface area contributed by atoms with Crippen molar-refractivity contribution in [1.82, 2.24) is 24.1 Å². The zero-order valence-corrected chi connectivity index (χ0v) is 48.8. The molecule has 0 saturated carbocycles. The lowest BCUT2D eigenvalue weighted by atomic mass is 9.83. The fraction of sp³-hybridized carbons (Fsp3) is 0. The molecule has 0 fully saturated rings. The van der Waals surface area contributed by atoms with Gasteiger partial charge in [-0.1, -0.05) is 237 Å². The Hall–Kier alpha value is -12.1. The summed E-state index contributed by atoms with van der Waals surface area (Å²) < 4.78 is 4.46. The molecule has 18 aromatic rings. The monoisotopic (exact) mass is 1140 g/mol. The van der Waals surface area contributed by atoms with Gasteiger partial charge in [0.2, 0.25) is 0 Å². The number of rotatable bonds is 9. The first-order valence-electron chi connectivity index (χ1n) is 30.7.